The molecule has 24 heavy (non-hydrogen) atoms. The normalized spacial score (nSPS) is 21.1. The van der Waals surface area contributed by atoms with Crippen molar-refractivity contribution in [3.05, 3.63) is 34.6 Å². The molecule has 1 aliphatic carbocycles. The lowest BCUT2D eigenvalue weighted by Crippen LogP contribution is -2.45. The van der Waals surface area contributed by atoms with Crippen LogP contribution in [0.15, 0.2) is 23.2 Å². The molecular weight excluding hydrogens is 444 g/mol. The van der Waals surface area contributed by atoms with E-state index in [4.69, 9.17) is 11.6 Å². The molecule has 136 valence electrons. The van der Waals surface area contributed by atoms with E-state index in [1.165, 1.54) is 12.1 Å². The fourth-order valence-electron chi connectivity index (χ4n) is 2.75. The van der Waals surface area contributed by atoms with Gasteiger partial charge >= 0.3 is 0 Å². The zero-order chi connectivity index (χ0) is 16.7. The van der Waals surface area contributed by atoms with Crippen molar-refractivity contribution in [1.82, 2.24) is 10.6 Å². The SMILES string of the molecule is CCNC(=NCCc1ccc(F)cc1Cl)NC1CCC(O)CC1.I. The van der Waals surface area contributed by atoms with Crippen molar-refractivity contribution in [3.63, 3.8) is 0 Å². The van der Waals surface area contributed by atoms with Crippen molar-refractivity contribution in [3.8, 4) is 0 Å². The van der Waals surface area contributed by atoms with Crippen LogP contribution in [0.2, 0.25) is 5.02 Å². The molecule has 2 rings (SSSR count). The molecule has 3 N–H and O–H groups in total. The van der Waals surface area contributed by atoms with E-state index in [2.05, 4.69) is 15.6 Å². The fourth-order valence-corrected chi connectivity index (χ4v) is 3.01. The van der Waals surface area contributed by atoms with Gasteiger partial charge in [-0.1, -0.05) is 17.7 Å². The van der Waals surface area contributed by atoms with Crippen LogP contribution in [0.25, 0.3) is 0 Å². The maximum atomic E-state index is 13.0. The van der Waals surface area contributed by atoms with Crippen molar-refractivity contribution < 1.29 is 9.50 Å². The van der Waals surface area contributed by atoms with Gasteiger partial charge in [-0.25, -0.2) is 4.39 Å². The van der Waals surface area contributed by atoms with Crippen LogP contribution in [0.4, 0.5) is 4.39 Å². The van der Waals surface area contributed by atoms with Gasteiger partial charge in [0.1, 0.15) is 5.82 Å². The van der Waals surface area contributed by atoms with E-state index in [0.717, 1.165) is 43.8 Å². The van der Waals surface area contributed by atoms with Gasteiger partial charge in [0.05, 0.1) is 6.10 Å². The van der Waals surface area contributed by atoms with Crippen LogP contribution in [0, 0.1) is 5.82 Å². The Bertz CT molecular complexity index is 537. The summed E-state index contributed by atoms with van der Waals surface area (Å²) >= 11 is 6.03. The number of aliphatic imine (C=N–C) groups is 1. The summed E-state index contributed by atoms with van der Waals surface area (Å²) in [6.45, 7) is 3.40. The summed E-state index contributed by atoms with van der Waals surface area (Å²) in [4.78, 5) is 4.56. The molecule has 0 heterocycles. The number of hydrogen-bond acceptors (Lipinski definition) is 2. The Morgan fingerprint density at radius 1 is 1.33 bits per heavy atom. The van der Waals surface area contributed by atoms with Crippen molar-refractivity contribution in [2.75, 3.05) is 13.1 Å². The minimum absolute atomic E-state index is 0. The van der Waals surface area contributed by atoms with Gasteiger partial charge in [0.25, 0.3) is 0 Å². The summed E-state index contributed by atoms with van der Waals surface area (Å²) < 4.78 is 13.0. The molecule has 1 aliphatic rings. The van der Waals surface area contributed by atoms with Crippen LogP contribution < -0.4 is 10.6 Å². The van der Waals surface area contributed by atoms with E-state index in [1.807, 2.05) is 6.92 Å². The zero-order valence-corrected chi connectivity index (χ0v) is 17.0. The number of rotatable bonds is 5. The Balaban J connectivity index is 0.00000288. The number of benzene rings is 1. The second-order valence-electron chi connectivity index (χ2n) is 5.90. The van der Waals surface area contributed by atoms with Gasteiger partial charge in [-0.2, -0.15) is 0 Å². The second-order valence-corrected chi connectivity index (χ2v) is 6.30. The summed E-state index contributed by atoms with van der Waals surface area (Å²) in [5.41, 5.74) is 0.897. The van der Waals surface area contributed by atoms with Crippen LogP contribution in [0.5, 0.6) is 0 Å². The van der Waals surface area contributed by atoms with Crippen molar-refractivity contribution in [2.45, 2.75) is 51.2 Å². The van der Waals surface area contributed by atoms with Crippen LogP contribution in [0.3, 0.4) is 0 Å². The third-order valence-electron chi connectivity index (χ3n) is 4.05. The standard InChI is InChI=1S/C17H25ClFN3O.HI/c1-2-20-17(22-14-5-7-15(23)8-6-14)21-10-9-12-3-4-13(19)11-16(12)18;/h3-4,11,14-15,23H,2,5-10H2,1H3,(H2,20,21,22);1H. The number of nitrogens with zero attached hydrogens (tertiary/aromatic N) is 1. The Morgan fingerprint density at radius 3 is 2.67 bits per heavy atom. The molecule has 0 saturated heterocycles. The number of halogens is 3. The molecular formula is C17H26ClFIN3O. The molecule has 0 aliphatic heterocycles. The summed E-state index contributed by atoms with van der Waals surface area (Å²) in [6, 6.07) is 4.81. The maximum absolute atomic E-state index is 13.0. The Kier molecular flexibility index (Phi) is 9.92. The minimum atomic E-state index is -0.322. The van der Waals surface area contributed by atoms with Crippen LogP contribution >= 0.6 is 35.6 Å². The molecule has 4 nitrogen and oxygen atoms in total. The third kappa shape index (κ3) is 7.11. The number of nitrogens with one attached hydrogen (secondary N) is 2. The van der Waals surface area contributed by atoms with E-state index in [9.17, 15) is 9.50 Å². The maximum Gasteiger partial charge on any atom is 0.191 e. The van der Waals surface area contributed by atoms with Crippen LogP contribution in [-0.2, 0) is 6.42 Å². The Labute approximate surface area is 165 Å². The van der Waals surface area contributed by atoms with Gasteiger partial charge < -0.3 is 15.7 Å². The first kappa shape index (κ1) is 21.4. The molecule has 0 bridgehead atoms. The average Bonchev–Trinajstić information content (AvgIpc) is 2.52. The summed E-state index contributed by atoms with van der Waals surface area (Å²) in [6.07, 6.45) is 4.09. The topological polar surface area (TPSA) is 56.7 Å². The van der Waals surface area contributed by atoms with Gasteiger partial charge in [0.15, 0.2) is 5.96 Å². The van der Waals surface area contributed by atoms with Crippen molar-refractivity contribution >= 4 is 41.5 Å². The molecule has 0 amide bonds. The van der Waals surface area contributed by atoms with E-state index in [0.29, 0.717) is 24.0 Å². The molecule has 1 aromatic carbocycles. The molecule has 0 radical (unpaired) electrons. The summed E-state index contributed by atoms with van der Waals surface area (Å²) in [5, 5.41) is 16.7. The largest absolute Gasteiger partial charge is 0.393 e. The highest BCUT2D eigenvalue weighted by Gasteiger charge is 2.19. The van der Waals surface area contributed by atoms with E-state index >= 15 is 0 Å². The first-order chi connectivity index (χ1) is 11.1. The van der Waals surface area contributed by atoms with E-state index in [-0.39, 0.29) is 35.9 Å². The number of guanidine groups is 1. The van der Waals surface area contributed by atoms with Crippen molar-refractivity contribution in [2.24, 2.45) is 4.99 Å². The molecule has 0 atom stereocenters. The van der Waals surface area contributed by atoms with Crippen LogP contribution in [-0.4, -0.2) is 36.3 Å². The van der Waals surface area contributed by atoms with Gasteiger partial charge in [-0.3, -0.25) is 4.99 Å². The second kappa shape index (κ2) is 11.1. The van der Waals surface area contributed by atoms with Gasteiger partial charge in [-0.05, 0) is 56.7 Å². The molecule has 0 unspecified atom stereocenters. The molecule has 1 fully saturated rings. The van der Waals surface area contributed by atoms with Crippen LogP contribution in [0.1, 0.15) is 38.2 Å². The summed E-state index contributed by atoms with van der Waals surface area (Å²) in [7, 11) is 0. The minimum Gasteiger partial charge on any atom is -0.393 e. The van der Waals surface area contributed by atoms with Crippen molar-refractivity contribution in [1.29, 1.82) is 0 Å². The lowest BCUT2D eigenvalue weighted by atomic mass is 9.93. The van der Waals surface area contributed by atoms with E-state index in [1.54, 1.807) is 6.07 Å². The predicted molar refractivity (Wildman–Crippen MR) is 108 cm³/mol. The predicted octanol–water partition coefficient (Wildman–Crippen LogP) is 3.50. The molecule has 1 saturated carbocycles. The fraction of sp³-hybridized carbons (Fsp3) is 0.588. The van der Waals surface area contributed by atoms with E-state index < -0.39 is 0 Å². The number of aliphatic hydroxyl groups is 1. The van der Waals surface area contributed by atoms with Gasteiger partial charge in [0, 0.05) is 24.2 Å². The smallest absolute Gasteiger partial charge is 0.191 e. The quantitative estimate of drug-likeness (QED) is 0.351. The van der Waals surface area contributed by atoms with Gasteiger partial charge in [0.2, 0.25) is 0 Å². The molecule has 1 aromatic rings. The Hall–Kier alpha value is -0.600. The lowest BCUT2D eigenvalue weighted by Gasteiger charge is -2.27. The number of aliphatic hydroxyl groups excluding tert-OH is 1. The number of hydrogen-bond donors (Lipinski definition) is 3. The van der Waals surface area contributed by atoms with Gasteiger partial charge in [-0.15, -0.1) is 24.0 Å². The lowest BCUT2D eigenvalue weighted by molar-refractivity contribution is 0.120. The molecule has 0 aromatic heterocycles. The average molecular weight is 470 g/mol. The summed E-state index contributed by atoms with van der Waals surface area (Å²) in [5.74, 6) is 0.462. The molecule has 7 heteroatoms. The highest BCUT2D eigenvalue weighted by Crippen LogP contribution is 2.19. The monoisotopic (exact) mass is 469 g/mol. The zero-order valence-electron chi connectivity index (χ0n) is 13.9. The first-order valence-electron chi connectivity index (χ1n) is 8.25. The first-order valence-corrected chi connectivity index (χ1v) is 8.63. The third-order valence-corrected chi connectivity index (χ3v) is 4.40. The highest BCUT2D eigenvalue weighted by molar-refractivity contribution is 14.0. The Morgan fingerprint density at radius 2 is 2.04 bits per heavy atom. The highest BCUT2D eigenvalue weighted by atomic mass is 127. The molecule has 0 spiro atoms.